The van der Waals surface area contributed by atoms with Crippen LogP contribution in [-0.2, 0) is 0 Å². The van der Waals surface area contributed by atoms with Crippen LogP contribution in [0.3, 0.4) is 0 Å². The van der Waals surface area contributed by atoms with E-state index in [1.165, 1.54) is 19.2 Å². The summed E-state index contributed by atoms with van der Waals surface area (Å²) in [7, 11) is 1.40. The molecule has 0 spiro atoms. The summed E-state index contributed by atoms with van der Waals surface area (Å²) in [6, 6.07) is 10.5. The maximum atomic E-state index is 13.7. The zero-order valence-electron chi connectivity index (χ0n) is 11.5. The first-order chi connectivity index (χ1) is 10.5. The monoisotopic (exact) mass is 366 g/mol. The van der Waals surface area contributed by atoms with Crippen molar-refractivity contribution in [2.75, 3.05) is 7.11 Å². The highest BCUT2D eigenvalue weighted by Gasteiger charge is 2.14. The Labute approximate surface area is 134 Å². The van der Waals surface area contributed by atoms with Crippen LogP contribution in [0, 0.1) is 5.82 Å². The van der Waals surface area contributed by atoms with Gasteiger partial charge >= 0.3 is 0 Å². The average molecular weight is 367 g/mol. The van der Waals surface area contributed by atoms with Gasteiger partial charge in [0.2, 0.25) is 0 Å². The normalized spacial score (nSPS) is 9.95. The number of benzene rings is 2. The van der Waals surface area contributed by atoms with Gasteiger partial charge in [-0.25, -0.2) is 4.39 Å². The fraction of sp³-hybridized carbons (Fsp3) is 0.0667. The smallest absolute Gasteiger partial charge is 0.272 e. The third kappa shape index (κ3) is 3.62. The number of carbonyl (C=O) groups is 2. The molecule has 114 valence electrons. The van der Waals surface area contributed by atoms with Crippen molar-refractivity contribution in [3.05, 3.63) is 63.9 Å². The number of halogens is 2. The van der Waals surface area contributed by atoms with E-state index in [1.54, 1.807) is 24.3 Å². The van der Waals surface area contributed by atoms with Gasteiger partial charge < -0.3 is 4.74 Å². The lowest BCUT2D eigenvalue weighted by molar-refractivity contribution is 0.0844. The van der Waals surface area contributed by atoms with Gasteiger partial charge in [0, 0.05) is 10.5 Å². The maximum absolute atomic E-state index is 13.7. The third-order valence-corrected chi connectivity index (χ3v) is 3.52. The Hall–Kier alpha value is -2.41. The van der Waals surface area contributed by atoms with Crippen LogP contribution in [-0.4, -0.2) is 18.9 Å². The number of amides is 2. The summed E-state index contributed by atoms with van der Waals surface area (Å²) in [5.74, 6) is -1.73. The van der Waals surface area contributed by atoms with Gasteiger partial charge in [0.05, 0.1) is 18.2 Å². The maximum Gasteiger partial charge on any atom is 0.272 e. The fourth-order valence-corrected chi connectivity index (χ4v) is 2.17. The number of hydrogen-bond donors (Lipinski definition) is 2. The van der Waals surface area contributed by atoms with Gasteiger partial charge in [-0.2, -0.15) is 0 Å². The van der Waals surface area contributed by atoms with Crippen LogP contribution in [0.25, 0.3) is 0 Å². The summed E-state index contributed by atoms with van der Waals surface area (Å²) in [6.45, 7) is 0. The molecular formula is C15H12BrFN2O3. The van der Waals surface area contributed by atoms with Crippen molar-refractivity contribution in [1.82, 2.24) is 10.9 Å². The van der Waals surface area contributed by atoms with Crippen LogP contribution in [0.2, 0.25) is 0 Å². The van der Waals surface area contributed by atoms with Gasteiger partial charge in [0.15, 0.2) is 0 Å². The molecule has 2 rings (SSSR count). The third-order valence-electron chi connectivity index (χ3n) is 2.83. The van der Waals surface area contributed by atoms with Crippen molar-refractivity contribution in [2.24, 2.45) is 0 Å². The van der Waals surface area contributed by atoms with Crippen molar-refractivity contribution >= 4 is 27.7 Å². The topological polar surface area (TPSA) is 67.4 Å². The summed E-state index contributed by atoms with van der Waals surface area (Å²) >= 11 is 3.23. The van der Waals surface area contributed by atoms with Gasteiger partial charge in [0.25, 0.3) is 11.8 Å². The van der Waals surface area contributed by atoms with Crippen LogP contribution in [0.1, 0.15) is 20.7 Å². The highest BCUT2D eigenvalue weighted by Crippen LogP contribution is 2.17. The van der Waals surface area contributed by atoms with E-state index in [9.17, 15) is 14.0 Å². The van der Waals surface area contributed by atoms with E-state index in [2.05, 4.69) is 26.8 Å². The second-order valence-corrected chi connectivity index (χ2v) is 5.09. The second kappa shape index (κ2) is 7.04. The van der Waals surface area contributed by atoms with Crippen LogP contribution < -0.4 is 15.6 Å². The molecule has 0 heterocycles. The minimum absolute atomic E-state index is 0.201. The Morgan fingerprint density at radius 1 is 1.05 bits per heavy atom. The lowest BCUT2D eigenvalue weighted by atomic mass is 10.2. The van der Waals surface area contributed by atoms with Gasteiger partial charge in [-0.1, -0.05) is 12.1 Å². The SMILES string of the molecule is COc1ccc(C(=O)NNC(=O)c2ccccc2Br)c(F)c1. The lowest BCUT2D eigenvalue weighted by Crippen LogP contribution is -2.42. The number of hydrogen-bond acceptors (Lipinski definition) is 3. The van der Waals surface area contributed by atoms with Gasteiger partial charge in [-0.3, -0.25) is 20.4 Å². The molecule has 0 fully saturated rings. The van der Waals surface area contributed by atoms with Crippen LogP contribution in [0.5, 0.6) is 5.75 Å². The predicted octanol–water partition coefficient (Wildman–Crippen LogP) is 2.67. The first-order valence-corrected chi connectivity index (χ1v) is 7.01. The summed E-state index contributed by atoms with van der Waals surface area (Å²) in [6.07, 6.45) is 0. The van der Waals surface area contributed by atoms with E-state index in [1.807, 2.05) is 0 Å². The Balaban J connectivity index is 2.04. The number of ether oxygens (including phenoxy) is 1. The molecule has 22 heavy (non-hydrogen) atoms. The molecule has 5 nitrogen and oxygen atoms in total. The minimum Gasteiger partial charge on any atom is -0.497 e. The number of hydrazine groups is 1. The molecule has 0 aromatic heterocycles. The molecule has 7 heteroatoms. The van der Waals surface area contributed by atoms with Crippen molar-refractivity contribution in [3.63, 3.8) is 0 Å². The molecular weight excluding hydrogens is 355 g/mol. The molecule has 0 unspecified atom stereocenters. The van der Waals surface area contributed by atoms with E-state index < -0.39 is 17.6 Å². The Kier molecular flexibility index (Phi) is 5.11. The van der Waals surface area contributed by atoms with Crippen molar-refractivity contribution in [3.8, 4) is 5.75 Å². The summed E-state index contributed by atoms with van der Waals surface area (Å²) in [5.41, 5.74) is 4.53. The summed E-state index contributed by atoms with van der Waals surface area (Å²) < 4.78 is 19.2. The van der Waals surface area contributed by atoms with Gasteiger partial charge in [0.1, 0.15) is 11.6 Å². The summed E-state index contributed by atoms with van der Waals surface area (Å²) in [4.78, 5) is 23.8. The van der Waals surface area contributed by atoms with Crippen molar-refractivity contribution in [1.29, 1.82) is 0 Å². The average Bonchev–Trinajstić information content (AvgIpc) is 2.52. The molecule has 0 radical (unpaired) electrons. The zero-order chi connectivity index (χ0) is 16.1. The van der Waals surface area contributed by atoms with E-state index in [4.69, 9.17) is 4.74 Å². The van der Waals surface area contributed by atoms with Gasteiger partial charge in [-0.05, 0) is 40.2 Å². The molecule has 0 aliphatic heterocycles. The standard InChI is InChI=1S/C15H12BrFN2O3/c1-22-9-6-7-11(13(17)8-9)15(21)19-18-14(20)10-4-2-3-5-12(10)16/h2-8H,1H3,(H,18,20)(H,19,21). The molecule has 0 aliphatic rings. The first kappa shape index (κ1) is 16.0. The first-order valence-electron chi connectivity index (χ1n) is 6.21. The molecule has 2 N–H and O–H groups in total. The van der Waals surface area contributed by atoms with Crippen molar-refractivity contribution in [2.45, 2.75) is 0 Å². The fourth-order valence-electron chi connectivity index (χ4n) is 1.70. The molecule has 0 aliphatic carbocycles. The molecule has 0 saturated heterocycles. The number of rotatable bonds is 3. The highest BCUT2D eigenvalue weighted by atomic mass is 79.9. The van der Waals surface area contributed by atoms with Gasteiger partial charge in [-0.15, -0.1) is 0 Å². The second-order valence-electron chi connectivity index (χ2n) is 4.23. The minimum atomic E-state index is -0.763. The lowest BCUT2D eigenvalue weighted by Gasteiger charge is -2.09. The molecule has 0 saturated carbocycles. The van der Waals surface area contributed by atoms with Crippen LogP contribution in [0.15, 0.2) is 46.9 Å². The molecule has 2 amide bonds. The van der Waals surface area contributed by atoms with Crippen molar-refractivity contribution < 1.29 is 18.7 Å². The highest BCUT2D eigenvalue weighted by molar-refractivity contribution is 9.10. The van der Waals surface area contributed by atoms with E-state index in [0.717, 1.165) is 6.07 Å². The Morgan fingerprint density at radius 3 is 2.27 bits per heavy atom. The number of nitrogens with one attached hydrogen (secondary N) is 2. The molecule has 0 bridgehead atoms. The van der Waals surface area contributed by atoms with E-state index in [-0.39, 0.29) is 5.56 Å². The molecule has 2 aromatic rings. The zero-order valence-corrected chi connectivity index (χ0v) is 13.1. The Morgan fingerprint density at radius 2 is 1.68 bits per heavy atom. The predicted molar refractivity (Wildman–Crippen MR) is 82.0 cm³/mol. The molecule has 2 aromatic carbocycles. The molecule has 0 atom stereocenters. The largest absolute Gasteiger partial charge is 0.497 e. The number of carbonyl (C=O) groups excluding carboxylic acids is 2. The van der Waals surface area contributed by atoms with E-state index >= 15 is 0 Å². The number of methoxy groups -OCH3 is 1. The van der Waals surface area contributed by atoms with Crippen LogP contribution in [0.4, 0.5) is 4.39 Å². The Bertz CT molecular complexity index is 722. The van der Waals surface area contributed by atoms with E-state index in [0.29, 0.717) is 15.8 Å². The quantitative estimate of drug-likeness (QED) is 0.820. The van der Waals surface area contributed by atoms with Crippen LogP contribution >= 0.6 is 15.9 Å². The summed E-state index contributed by atoms with van der Waals surface area (Å²) in [5, 5.41) is 0.